The summed E-state index contributed by atoms with van der Waals surface area (Å²) in [5, 5.41) is 0. The minimum atomic E-state index is -0.548. The summed E-state index contributed by atoms with van der Waals surface area (Å²) >= 11 is 5.18. The van der Waals surface area contributed by atoms with Crippen LogP contribution in [-0.2, 0) is 9.53 Å². The predicted octanol–water partition coefficient (Wildman–Crippen LogP) is 1.86. The third-order valence-corrected chi connectivity index (χ3v) is 4.86. The van der Waals surface area contributed by atoms with Crippen molar-refractivity contribution in [1.82, 2.24) is 4.90 Å². The van der Waals surface area contributed by atoms with Gasteiger partial charge in [-0.05, 0) is 32.6 Å². The standard InChI is InChI=1S/C14H24N2O2S/c1-2-18-11-5-9-16(10-6-11)13(17)14(12(15)19)7-3-4-8-14/h11H,2-10H2,1H3,(H2,15,19). The number of likely N-dealkylation sites (tertiary alicyclic amines) is 1. The Morgan fingerprint density at radius 3 is 2.42 bits per heavy atom. The SMILES string of the molecule is CCOC1CCN(C(=O)C2(C(N)=S)CCCC2)CC1. The van der Waals surface area contributed by atoms with Crippen LogP contribution in [0.2, 0.25) is 0 Å². The number of nitrogens with zero attached hydrogens (tertiary/aromatic N) is 1. The molecule has 19 heavy (non-hydrogen) atoms. The number of rotatable bonds is 4. The van der Waals surface area contributed by atoms with Crippen molar-refractivity contribution in [3.8, 4) is 0 Å². The van der Waals surface area contributed by atoms with Crippen LogP contribution in [0.25, 0.3) is 0 Å². The fourth-order valence-corrected chi connectivity index (χ4v) is 3.60. The Bertz CT molecular complexity index is 345. The van der Waals surface area contributed by atoms with Crippen molar-refractivity contribution < 1.29 is 9.53 Å². The Labute approximate surface area is 120 Å². The number of ether oxygens (including phenoxy) is 1. The molecule has 0 unspecified atom stereocenters. The topological polar surface area (TPSA) is 55.6 Å². The van der Waals surface area contributed by atoms with E-state index in [1.54, 1.807) is 0 Å². The fourth-order valence-electron chi connectivity index (χ4n) is 3.31. The van der Waals surface area contributed by atoms with E-state index in [9.17, 15) is 4.79 Å². The van der Waals surface area contributed by atoms with E-state index < -0.39 is 5.41 Å². The molecular weight excluding hydrogens is 260 g/mol. The molecule has 108 valence electrons. The van der Waals surface area contributed by atoms with Crippen molar-refractivity contribution in [1.29, 1.82) is 0 Å². The van der Waals surface area contributed by atoms with Crippen molar-refractivity contribution in [3.05, 3.63) is 0 Å². The number of hydrogen-bond acceptors (Lipinski definition) is 3. The highest BCUT2D eigenvalue weighted by Gasteiger charge is 2.46. The van der Waals surface area contributed by atoms with E-state index in [1.165, 1.54) is 0 Å². The van der Waals surface area contributed by atoms with Crippen LogP contribution in [-0.4, -0.2) is 41.6 Å². The average molecular weight is 284 g/mol. The van der Waals surface area contributed by atoms with Gasteiger partial charge in [-0.15, -0.1) is 0 Å². The zero-order chi connectivity index (χ0) is 13.9. The molecule has 2 aliphatic rings. The highest BCUT2D eigenvalue weighted by atomic mass is 32.1. The number of thiocarbonyl (C=S) groups is 1. The number of piperidine rings is 1. The van der Waals surface area contributed by atoms with Crippen LogP contribution >= 0.6 is 12.2 Å². The van der Waals surface area contributed by atoms with Crippen LogP contribution in [0.3, 0.4) is 0 Å². The third kappa shape index (κ3) is 2.92. The van der Waals surface area contributed by atoms with Gasteiger partial charge < -0.3 is 15.4 Å². The van der Waals surface area contributed by atoms with E-state index in [1.807, 2.05) is 11.8 Å². The first kappa shape index (κ1) is 14.7. The van der Waals surface area contributed by atoms with Crippen LogP contribution < -0.4 is 5.73 Å². The number of hydrogen-bond donors (Lipinski definition) is 1. The first-order valence-electron chi connectivity index (χ1n) is 7.31. The molecule has 1 amide bonds. The van der Waals surface area contributed by atoms with E-state index in [2.05, 4.69) is 0 Å². The zero-order valence-electron chi connectivity index (χ0n) is 11.7. The molecule has 2 N–H and O–H groups in total. The second-order valence-electron chi connectivity index (χ2n) is 5.60. The Hall–Kier alpha value is -0.680. The summed E-state index contributed by atoms with van der Waals surface area (Å²) in [6, 6.07) is 0. The molecule has 0 aromatic heterocycles. The summed E-state index contributed by atoms with van der Waals surface area (Å²) in [5.41, 5.74) is 5.33. The number of nitrogens with two attached hydrogens (primary N) is 1. The Morgan fingerprint density at radius 2 is 1.95 bits per heavy atom. The summed E-state index contributed by atoms with van der Waals surface area (Å²) in [6.45, 7) is 4.30. The molecule has 0 atom stereocenters. The molecular formula is C14H24N2O2S. The summed E-state index contributed by atoms with van der Waals surface area (Å²) in [5.74, 6) is 0.160. The Morgan fingerprint density at radius 1 is 1.37 bits per heavy atom. The number of amides is 1. The molecule has 1 heterocycles. The summed E-state index contributed by atoms with van der Waals surface area (Å²) in [4.78, 5) is 15.1. The molecule has 5 heteroatoms. The third-order valence-electron chi connectivity index (χ3n) is 4.47. The monoisotopic (exact) mass is 284 g/mol. The van der Waals surface area contributed by atoms with Gasteiger partial charge in [0.2, 0.25) is 5.91 Å². The van der Waals surface area contributed by atoms with Crippen LogP contribution in [0.4, 0.5) is 0 Å². The van der Waals surface area contributed by atoms with Crippen LogP contribution in [0.5, 0.6) is 0 Å². The summed E-state index contributed by atoms with van der Waals surface area (Å²) in [7, 11) is 0. The van der Waals surface area contributed by atoms with E-state index in [4.69, 9.17) is 22.7 Å². The lowest BCUT2D eigenvalue weighted by Gasteiger charge is -2.37. The van der Waals surface area contributed by atoms with Gasteiger partial charge in [0.1, 0.15) is 0 Å². The van der Waals surface area contributed by atoms with Gasteiger partial charge in [0.15, 0.2) is 0 Å². The summed E-state index contributed by atoms with van der Waals surface area (Å²) < 4.78 is 5.62. The lowest BCUT2D eigenvalue weighted by Crippen LogP contribution is -2.52. The molecule has 0 radical (unpaired) electrons. The average Bonchev–Trinajstić information content (AvgIpc) is 2.90. The van der Waals surface area contributed by atoms with Crippen molar-refractivity contribution in [2.75, 3.05) is 19.7 Å². The van der Waals surface area contributed by atoms with E-state index >= 15 is 0 Å². The maximum atomic E-state index is 12.7. The van der Waals surface area contributed by atoms with E-state index in [-0.39, 0.29) is 5.91 Å². The fraction of sp³-hybridized carbons (Fsp3) is 0.857. The molecule has 2 fully saturated rings. The molecule has 0 bridgehead atoms. The van der Waals surface area contributed by atoms with Crippen LogP contribution in [0, 0.1) is 5.41 Å². The predicted molar refractivity (Wildman–Crippen MR) is 78.9 cm³/mol. The van der Waals surface area contributed by atoms with Gasteiger partial charge in [-0.1, -0.05) is 25.1 Å². The lowest BCUT2D eigenvalue weighted by molar-refractivity contribution is -0.140. The first-order chi connectivity index (χ1) is 9.10. The number of carbonyl (C=O) groups excluding carboxylic acids is 1. The normalized spacial score (nSPS) is 23.5. The van der Waals surface area contributed by atoms with E-state index in [0.717, 1.165) is 58.2 Å². The molecule has 1 aliphatic carbocycles. The maximum Gasteiger partial charge on any atom is 0.235 e. The van der Waals surface area contributed by atoms with E-state index in [0.29, 0.717) is 11.1 Å². The minimum absolute atomic E-state index is 0.160. The highest BCUT2D eigenvalue weighted by molar-refractivity contribution is 7.80. The molecule has 0 aromatic rings. The smallest absolute Gasteiger partial charge is 0.235 e. The molecule has 0 spiro atoms. The van der Waals surface area contributed by atoms with Crippen LogP contribution in [0.1, 0.15) is 45.4 Å². The van der Waals surface area contributed by atoms with Crippen molar-refractivity contribution in [2.45, 2.75) is 51.6 Å². The largest absolute Gasteiger partial charge is 0.392 e. The summed E-state index contributed by atoms with van der Waals surface area (Å²) in [6.07, 6.45) is 5.91. The molecule has 1 saturated carbocycles. The molecule has 1 aliphatic heterocycles. The molecule has 4 nitrogen and oxygen atoms in total. The van der Waals surface area contributed by atoms with Crippen molar-refractivity contribution in [3.63, 3.8) is 0 Å². The maximum absolute atomic E-state index is 12.7. The quantitative estimate of drug-likeness (QED) is 0.801. The van der Waals surface area contributed by atoms with Crippen molar-refractivity contribution in [2.24, 2.45) is 11.1 Å². The minimum Gasteiger partial charge on any atom is -0.392 e. The molecule has 0 aromatic carbocycles. The van der Waals surface area contributed by atoms with Gasteiger partial charge in [0.25, 0.3) is 0 Å². The second kappa shape index (κ2) is 6.18. The second-order valence-corrected chi connectivity index (χ2v) is 6.04. The zero-order valence-corrected chi connectivity index (χ0v) is 12.5. The lowest BCUT2D eigenvalue weighted by atomic mass is 9.84. The van der Waals surface area contributed by atoms with Gasteiger partial charge in [-0.25, -0.2) is 0 Å². The highest BCUT2D eigenvalue weighted by Crippen LogP contribution is 2.40. The van der Waals surface area contributed by atoms with Gasteiger partial charge in [0.05, 0.1) is 16.5 Å². The van der Waals surface area contributed by atoms with Gasteiger partial charge in [0, 0.05) is 19.7 Å². The molecule has 1 saturated heterocycles. The van der Waals surface area contributed by atoms with Crippen LogP contribution in [0.15, 0.2) is 0 Å². The first-order valence-corrected chi connectivity index (χ1v) is 7.72. The molecule has 2 rings (SSSR count). The van der Waals surface area contributed by atoms with Gasteiger partial charge in [-0.2, -0.15) is 0 Å². The van der Waals surface area contributed by atoms with Gasteiger partial charge in [-0.3, -0.25) is 4.79 Å². The Balaban J connectivity index is 1.98. The number of carbonyl (C=O) groups is 1. The Kier molecular flexibility index (Phi) is 4.79. The van der Waals surface area contributed by atoms with Crippen molar-refractivity contribution >= 4 is 23.1 Å². The van der Waals surface area contributed by atoms with Gasteiger partial charge >= 0.3 is 0 Å².